The maximum atomic E-state index is 11.8. The van der Waals surface area contributed by atoms with Crippen LogP contribution < -0.4 is 5.32 Å². The molecule has 0 unspecified atom stereocenters. The second kappa shape index (κ2) is 7.32. The van der Waals surface area contributed by atoms with Crippen molar-refractivity contribution in [3.05, 3.63) is 29.8 Å². The number of anilines is 1. The normalized spacial score (nSPS) is 22.3. The van der Waals surface area contributed by atoms with E-state index in [2.05, 4.69) is 12.2 Å². The Labute approximate surface area is 121 Å². The molecule has 0 aliphatic heterocycles. The van der Waals surface area contributed by atoms with E-state index in [0.29, 0.717) is 11.6 Å². The number of rotatable bonds is 5. The van der Waals surface area contributed by atoms with Crippen molar-refractivity contribution in [2.45, 2.75) is 51.5 Å². The van der Waals surface area contributed by atoms with Crippen LogP contribution in [0.1, 0.15) is 55.8 Å². The minimum absolute atomic E-state index is 0.271. The Kier molecular flexibility index (Phi) is 5.45. The molecule has 3 heteroatoms. The summed E-state index contributed by atoms with van der Waals surface area (Å²) in [6, 6.07) is 8.09. The van der Waals surface area contributed by atoms with Crippen molar-refractivity contribution in [3.8, 4) is 0 Å². The molecule has 0 bridgehead atoms. The lowest BCUT2D eigenvalue weighted by Crippen LogP contribution is -2.27. The van der Waals surface area contributed by atoms with Crippen LogP contribution in [0.3, 0.4) is 0 Å². The van der Waals surface area contributed by atoms with Gasteiger partial charge in [0.25, 0.3) is 0 Å². The third-order valence-electron chi connectivity index (χ3n) is 4.24. The number of methoxy groups -OCH3 is 1. The van der Waals surface area contributed by atoms with Gasteiger partial charge in [0.05, 0.1) is 12.7 Å². The summed E-state index contributed by atoms with van der Waals surface area (Å²) in [6.07, 6.45) is 7.62. The molecule has 2 rings (SSSR count). The first kappa shape index (κ1) is 14.9. The number of benzene rings is 1. The summed E-state index contributed by atoms with van der Waals surface area (Å²) in [5.74, 6) is 0.627. The molecule has 0 heterocycles. The van der Waals surface area contributed by atoms with Crippen LogP contribution in [0, 0.1) is 5.92 Å². The van der Waals surface area contributed by atoms with E-state index in [1.54, 1.807) is 0 Å². The molecule has 0 radical (unpaired) electrons. The lowest BCUT2D eigenvalue weighted by atomic mass is 9.83. The van der Waals surface area contributed by atoms with E-state index in [9.17, 15) is 4.79 Å². The zero-order valence-corrected chi connectivity index (χ0v) is 12.5. The van der Waals surface area contributed by atoms with Gasteiger partial charge >= 0.3 is 5.97 Å². The Bertz CT molecular complexity index is 436. The second-order valence-corrected chi connectivity index (χ2v) is 5.69. The quantitative estimate of drug-likeness (QED) is 0.817. The van der Waals surface area contributed by atoms with Crippen LogP contribution in [0.4, 0.5) is 5.69 Å². The number of carbonyl (C=O) groups excluding carboxylic acids is 1. The number of hydrogen-bond donors (Lipinski definition) is 1. The first-order valence-electron chi connectivity index (χ1n) is 7.68. The first-order valence-corrected chi connectivity index (χ1v) is 7.68. The summed E-state index contributed by atoms with van der Waals surface area (Å²) >= 11 is 0. The Morgan fingerprint density at radius 1 is 1.25 bits per heavy atom. The summed E-state index contributed by atoms with van der Waals surface area (Å²) < 4.78 is 4.84. The fourth-order valence-electron chi connectivity index (χ4n) is 3.12. The van der Waals surface area contributed by atoms with E-state index in [4.69, 9.17) is 4.74 Å². The molecule has 0 amide bonds. The highest BCUT2D eigenvalue weighted by Crippen LogP contribution is 2.30. The van der Waals surface area contributed by atoms with Crippen LogP contribution in [0.25, 0.3) is 0 Å². The number of para-hydroxylation sites is 1. The molecule has 110 valence electrons. The second-order valence-electron chi connectivity index (χ2n) is 5.69. The summed E-state index contributed by atoms with van der Waals surface area (Å²) in [4.78, 5) is 11.8. The van der Waals surface area contributed by atoms with Crippen molar-refractivity contribution in [2.75, 3.05) is 12.4 Å². The summed E-state index contributed by atoms with van der Waals surface area (Å²) in [5.41, 5.74) is 1.53. The molecule has 1 aliphatic carbocycles. The molecule has 20 heavy (non-hydrogen) atoms. The van der Waals surface area contributed by atoms with E-state index in [1.807, 2.05) is 24.3 Å². The molecule has 1 aromatic carbocycles. The van der Waals surface area contributed by atoms with Gasteiger partial charge in [-0.1, -0.05) is 31.9 Å². The average Bonchev–Trinajstić information content (AvgIpc) is 2.49. The lowest BCUT2D eigenvalue weighted by molar-refractivity contribution is 0.0601. The minimum Gasteiger partial charge on any atom is -0.465 e. The fraction of sp³-hybridized carbons (Fsp3) is 0.588. The number of ether oxygens (including phenoxy) is 1. The van der Waals surface area contributed by atoms with Gasteiger partial charge in [-0.3, -0.25) is 0 Å². The van der Waals surface area contributed by atoms with Crippen molar-refractivity contribution in [2.24, 2.45) is 5.92 Å². The highest BCUT2D eigenvalue weighted by atomic mass is 16.5. The van der Waals surface area contributed by atoms with E-state index < -0.39 is 0 Å². The molecule has 1 N–H and O–H groups in total. The van der Waals surface area contributed by atoms with Crippen LogP contribution in [0.2, 0.25) is 0 Å². The van der Waals surface area contributed by atoms with Gasteiger partial charge in [-0.05, 0) is 43.7 Å². The Morgan fingerprint density at radius 3 is 2.60 bits per heavy atom. The van der Waals surface area contributed by atoms with E-state index in [1.165, 1.54) is 45.6 Å². The highest BCUT2D eigenvalue weighted by molar-refractivity contribution is 5.95. The molecule has 1 fully saturated rings. The predicted molar refractivity (Wildman–Crippen MR) is 82.1 cm³/mol. The third-order valence-corrected chi connectivity index (χ3v) is 4.24. The monoisotopic (exact) mass is 275 g/mol. The van der Waals surface area contributed by atoms with Gasteiger partial charge in [0, 0.05) is 11.7 Å². The van der Waals surface area contributed by atoms with Crippen molar-refractivity contribution in [1.82, 2.24) is 0 Å². The largest absolute Gasteiger partial charge is 0.465 e. The van der Waals surface area contributed by atoms with Gasteiger partial charge < -0.3 is 10.1 Å². The van der Waals surface area contributed by atoms with Gasteiger partial charge in [0.1, 0.15) is 0 Å². The minimum atomic E-state index is -0.271. The third kappa shape index (κ3) is 3.75. The zero-order valence-electron chi connectivity index (χ0n) is 12.5. The van der Waals surface area contributed by atoms with Gasteiger partial charge in [0.15, 0.2) is 0 Å². The predicted octanol–water partition coefficient (Wildman–Crippen LogP) is 4.24. The van der Waals surface area contributed by atoms with Gasteiger partial charge in [-0.15, -0.1) is 0 Å². The van der Waals surface area contributed by atoms with Gasteiger partial charge in [0.2, 0.25) is 0 Å². The van der Waals surface area contributed by atoms with Crippen molar-refractivity contribution < 1.29 is 9.53 Å². The molecule has 0 saturated heterocycles. The Hall–Kier alpha value is -1.51. The molecule has 0 spiro atoms. The number of hydrogen-bond acceptors (Lipinski definition) is 3. The maximum absolute atomic E-state index is 11.8. The lowest BCUT2D eigenvalue weighted by Gasteiger charge is -2.30. The van der Waals surface area contributed by atoms with Gasteiger partial charge in [-0.2, -0.15) is 0 Å². The molecule has 1 saturated carbocycles. The van der Waals surface area contributed by atoms with Gasteiger partial charge in [-0.25, -0.2) is 4.79 Å². The van der Waals surface area contributed by atoms with E-state index in [-0.39, 0.29) is 5.97 Å². The molecular weight excluding hydrogens is 250 g/mol. The van der Waals surface area contributed by atoms with Crippen molar-refractivity contribution in [3.63, 3.8) is 0 Å². The average molecular weight is 275 g/mol. The van der Waals surface area contributed by atoms with Crippen molar-refractivity contribution in [1.29, 1.82) is 0 Å². The van der Waals surface area contributed by atoms with Crippen LogP contribution in [-0.2, 0) is 4.74 Å². The molecule has 1 aliphatic rings. The Balaban J connectivity index is 1.96. The number of carbonyl (C=O) groups is 1. The summed E-state index contributed by atoms with van der Waals surface area (Å²) in [6.45, 7) is 2.26. The van der Waals surface area contributed by atoms with Crippen LogP contribution >= 0.6 is 0 Å². The van der Waals surface area contributed by atoms with Crippen molar-refractivity contribution >= 4 is 11.7 Å². The molecule has 3 nitrogen and oxygen atoms in total. The van der Waals surface area contributed by atoms with E-state index in [0.717, 1.165) is 11.6 Å². The highest BCUT2D eigenvalue weighted by Gasteiger charge is 2.21. The van der Waals surface area contributed by atoms with Crippen LogP contribution in [0.15, 0.2) is 24.3 Å². The smallest absolute Gasteiger partial charge is 0.339 e. The number of nitrogens with one attached hydrogen (secondary N) is 1. The first-order chi connectivity index (χ1) is 9.74. The van der Waals surface area contributed by atoms with E-state index >= 15 is 0 Å². The fourth-order valence-corrected chi connectivity index (χ4v) is 3.12. The van der Waals surface area contributed by atoms with Crippen LogP contribution in [-0.4, -0.2) is 19.1 Å². The SMILES string of the molecule is CCCC1CCC(Nc2ccccc2C(=O)OC)CC1. The standard InChI is InChI=1S/C17H25NO2/c1-3-6-13-9-11-14(12-10-13)18-16-8-5-4-7-15(16)17(19)20-2/h4-5,7-8,13-14,18H,3,6,9-12H2,1-2H3. The molecule has 0 atom stereocenters. The summed E-state index contributed by atoms with van der Waals surface area (Å²) in [7, 11) is 1.43. The molecular formula is C17H25NO2. The van der Waals surface area contributed by atoms with Crippen LogP contribution in [0.5, 0.6) is 0 Å². The number of esters is 1. The summed E-state index contributed by atoms with van der Waals surface area (Å²) in [5, 5.41) is 3.53. The topological polar surface area (TPSA) is 38.3 Å². The zero-order chi connectivity index (χ0) is 14.4. The Morgan fingerprint density at radius 2 is 1.95 bits per heavy atom. The molecule has 0 aromatic heterocycles. The molecule has 1 aromatic rings. The maximum Gasteiger partial charge on any atom is 0.339 e.